The number of nitrogens with zero attached hydrogens (tertiary/aromatic N) is 1. The van der Waals surface area contributed by atoms with E-state index in [0.29, 0.717) is 12.1 Å². The summed E-state index contributed by atoms with van der Waals surface area (Å²) in [6, 6.07) is 7.70. The van der Waals surface area contributed by atoms with Gasteiger partial charge in [0.1, 0.15) is 0 Å². The highest BCUT2D eigenvalue weighted by Gasteiger charge is 2.17. The molecule has 9 heteroatoms. The van der Waals surface area contributed by atoms with Crippen LogP contribution in [0.2, 0.25) is 0 Å². The third-order valence-electron chi connectivity index (χ3n) is 3.25. The average molecular weight is 369 g/mol. The first-order valence-corrected chi connectivity index (χ1v) is 9.73. The van der Waals surface area contributed by atoms with Crippen molar-refractivity contribution in [1.82, 2.24) is 10.3 Å². The van der Waals surface area contributed by atoms with Gasteiger partial charge in [-0.05, 0) is 18.6 Å². The minimum atomic E-state index is -3.69. The van der Waals surface area contributed by atoms with Gasteiger partial charge in [0, 0.05) is 5.38 Å². The summed E-state index contributed by atoms with van der Waals surface area (Å²) in [5.41, 5.74) is 0.469. The van der Waals surface area contributed by atoms with Gasteiger partial charge >= 0.3 is 0 Å². The Kier molecular flexibility index (Phi) is 6.29. The second kappa shape index (κ2) is 8.22. The lowest BCUT2D eigenvalue weighted by atomic mass is 10.2. The molecule has 2 rings (SSSR count). The van der Waals surface area contributed by atoms with Crippen LogP contribution >= 0.6 is 11.3 Å². The van der Waals surface area contributed by atoms with Gasteiger partial charge < -0.3 is 10.4 Å². The van der Waals surface area contributed by atoms with Crippen LogP contribution in [-0.2, 0) is 21.2 Å². The van der Waals surface area contributed by atoms with Crippen LogP contribution in [0.1, 0.15) is 19.0 Å². The zero-order chi connectivity index (χ0) is 17.6. The number of hydrogen-bond donors (Lipinski definition) is 3. The van der Waals surface area contributed by atoms with Crippen molar-refractivity contribution >= 4 is 32.4 Å². The van der Waals surface area contributed by atoms with Gasteiger partial charge in [0.15, 0.2) is 5.13 Å². The Morgan fingerprint density at radius 1 is 1.33 bits per heavy atom. The number of benzene rings is 1. The monoisotopic (exact) mass is 369 g/mol. The third-order valence-corrected chi connectivity index (χ3v) is 5.54. The van der Waals surface area contributed by atoms with Crippen molar-refractivity contribution in [2.24, 2.45) is 0 Å². The number of thiazole rings is 1. The molecular formula is C15H19N3O4S2. The van der Waals surface area contributed by atoms with Crippen LogP contribution in [0, 0.1) is 0 Å². The molecule has 1 heterocycles. The highest BCUT2D eigenvalue weighted by atomic mass is 32.2. The van der Waals surface area contributed by atoms with Gasteiger partial charge in [0.05, 0.1) is 29.7 Å². The Balaban J connectivity index is 2.00. The van der Waals surface area contributed by atoms with E-state index < -0.39 is 10.0 Å². The zero-order valence-corrected chi connectivity index (χ0v) is 14.7. The molecular weight excluding hydrogens is 350 g/mol. The van der Waals surface area contributed by atoms with Gasteiger partial charge in [-0.1, -0.05) is 25.1 Å². The molecule has 1 atom stereocenters. The van der Waals surface area contributed by atoms with Crippen LogP contribution in [-0.4, -0.2) is 37.1 Å². The second-order valence-corrected chi connectivity index (χ2v) is 7.64. The summed E-state index contributed by atoms with van der Waals surface area (Å²) in [5, 5.41) is 13.6. The van der Waals surface area contributed by atoms with Crippen LogP contribution in [0.25, 0.3) is 0 Å². The van der Waals surface area contributed by atoms with Gasteiger partial charge in [-0.3, -0.25) is 9.52 Å². The molecule has 7 nitrogen and oxygen atoms in total. The molecule has 1 aromatic carbocycles. The van der Waals surface area contributed by atoms with E-state index in [0.717, 1.165) is 11.3 Å². The zero-order valence-electron chi connectivity index (χ0n) is 13.1. The molecule has 0 fully saturated rings. The van der Waals surface area contributed by atoms with Gasteiger partial charge in [-0.2, -0.15) is 0 Å². The Hall–Kier alpha value is -1.97. The van der Waals surface area contributed by atoms with E-state index in [4.69, 9.17) is 5.11 Å². The van der Waals surface area contributed by atoms with Crippen LogP contribution in [0.3, 0.4) is 0 Å². The number of rotatable bonds is 8. The summed E-state index contributed by atoms with van der Waals surface area (Å²) in [6.07, 6.45) is 0.654. The number of aliphatic hydroxyl groups excluding tert-OH is 1. The van der Waals surface area contributed by atoms with E-state index in [9.17, 15) is 13.2 Å². The highest BCUT2D eigenvalue weighted by molar-refractivity contribution is 7.93. The maximum Gasteiger partial charge on any atom is 0.263 e. The van der Waals surface area contributed by atoms with Crippen LogP contribution < -0.4 is 10.0 Å². The summed E-state index contributed by atoms with van der Waals surface area (Å²) in [5.74, 6) is -0.265. The molecule has 0 aliphatic carbocycles. The standard InChI is InChI=1S/C15H19N3O4S2/c1-2-11(9-19)16-14(20)8-12-10-23-15(17-12)18-24(21,22)13-6-4-3-5-7-13/h3-7,10-11,19H,2,8-9H2,1H3,(H,16,20)(H,17,18). The fourth-order valence-corrected chi connectivity index (χ4v) is 3.91. The molecule has 0 aliphatic heterocycles. The number of amides is 1. The van der Waals surface area contributed by atoms with Crippen molar-refractivity contribution < 1.29 is 18.3 Å². The molecule has 1 aromatic heterocycles. The summed E-state index contributed by atoms with van der Waals surface area (Å²) in [7, 11) is -3.69. The molecule has 0 spiro atoms. The van der Waals surface area contributed by atoms with Gasteiger partial charge in [0.2, 0.25) is 5.91 Å². The average Bonchev–Trinajstić information content (AvgIpc) is 2.99. The smallest absolute Gasteiger partial charge is 0.263 e. The fraction of sp³-hybridized carbons (Fsp3) is 0.333. The molecule has 2 aromatic rings. The molecule has 0 aliphatic rings. The summed E-state index contributed by atoms with van der Waals surface area (Å²) in [4.78, 5) is 16.1. The first kappa shape index (κ1) is 18.4. The lowest BCUT2D eigenvalue weighted by Crippen LogP contribution is -2.37. The quantitative estimate of drug-likeness (QED) is 0.651. The van der Waals surface area contributed by atoms with Crippen molar-refractivity contribution in [3.05, 3.63) is 41.4 Å². The predicted octanol–water partition coefficient (Wildman–Crippen LogP) is 1.37. The van der Waals surface area contributed by atoms with E-state index in [1.807, 2.05) is 6.92 Å². The largest absolute Gasteiger partial charge is 0.394 e. The number of carbonyl (C=O) groups is 1. The Labute approximate surface area is 144 Å². The fourth-order valence-electron chi connectivity index (χ4n) is 1.93. The topological polar surface area (TPSA) is 108 Å². The number of hydrogen-bond acceptors (Lipinski definition) is 6. The van der Waals surface area contributed by atoms with Crippen molar-refractivity contribution in [2.75, 3.05) is 11.3 Å². The highest BCUT2D eigenvalue weighted by Crippen LogP contribution is 2.20. The molecule has 1 unspecified atom stereocenters. The number of carbonyl (C=O) groups excluding carboxylic acids is 1. The normalized spacial score (nSPS) is 12.6. The minimum Gasteiger partial charge on any atom is -0.394 e. The summed E-state index contributed by atoms with van der Waals surface area (Å²) >= 11 is 1.11. The van der Waals surface area contributed by atoms with Crippen LogP contribution in [0.15, 0.2) is 40.6 Å². The maximum atomic E-state index is 12.2. The summed E-state index contributed by atoms with van der Waals surface area (Å²) < 4.78 is 26.8. The molecule has 0 saturated carbocycles. The first-order chi connectivity index (χ1) is 11.4. The second-order valence-electron chi connectivity index (χ2n) is 5.09. The van der Waals surface area contributed by atoms with Gasteiger partial charge in [-0.15, -0.1) is 11.3 Å². The Morgan fingerprint density at radius 3 is 2.67 bits per heavy atom. The number of nitrogens with one attached hydrogen (secondary N) is 2. The van der Waals surface area contributed by atoms with Crippen molar-refractivity contribution in [1.29, 1.82) is 0 Å². The van der Waals surface area contributed by atoms with E-state index in [1.165, 1.54) is 12.1 Å². The number of anilines is 1. The van der Waals surface area contributed by atoms with E-state index >= 15 is 0 Å². The SMILES string of the molecule is CCC(CO)NC(=O)Cc1csc(NS(=O)(=O)c2ccccc2)n1. The molecule has 3 N–H and O–H groups in total. The van der Waals surface area contributed by atoms with Gasteiger partial charge in [-0.25, -0.2) is 13.4 Å². The van der Waals surface area contributed by atoms with E-state index in [-0.39, 0.29) is 35.0 Å². The Bertz CT molecular complexity index is 771. The van der Waals surface area contributed by atoms with Crippen molar-refractivity contribution in [3.8, 4) is 0 Å². The molecule has 0 saturated heterocycles. The number of sulfonamides is 1. The molecule has 0 bridgehead atoms. The molecule has 1 amide bonds. The third kappa shape index (κ3) is 5.02. The molecule has 0 radical (unpaired) electrons. The van der Waals surface area contributed by atoms with Crippen LogP contribution in [0.5, 0.6) is 0 Å². The van der Waals surface area contributed by atoms with E-state index in [2.05, 4.69) is 15.0 Å². The lowest BCUT2D eigenvalue weighted by Gasteiger charge is -2.13. The van der Waals surface area contributed by atoms with Crippen LogP contribution in [0.4, 0.5) is 5.13 Å². The number of aliphatic hydroxyl groups is 1. The number of aromatic nitrogens is 1. The Morgan fingerprint density at radius 2 is 2.04 bits per heavy atom. The lowest BCUT2D eigenvalue weighted by molar-refractivity contribution is -0.121. The van der Waals surface area contributed by atoms with Crippen molar-refractivity contribution in [3.63, 3.8) is 0 Å². The maximum absolute atomic E-state index is 12.2. The summed E-state index contributed by atoms with van der Waals surface area (Å²) in [6.45, 7) is 1.74. The minimum absolute atomic E-state index is 0.0278. The first-order valence-electron chi connectivity index (χ1n) is 7.37. The predicted molar refractivity (Wildman–Crippen MR) is 92.4 cm³/mol. The molecule has 130 valence electrons. The molecule has 24 heavy (non-hydrogen) atoms. The van der Waals surface area contributed by atoms with Crippen molar-refractivity contribution in [2.45, 2.75) is 30.7 Å². The van der Waals surface area contributed by atoms with Gasteiger partial charge in [0.25, 0.3) is 10.0 Å². The van der Waals surface area contributed by atoms with E-state index in [1.54, 1.807) is 23.6 Å².